The van der Waals surface area contributed by atoms with Crippen molar-refractivity contribution in [2.45, 2.75) is 25.5 Å². The zero-order valence-corrected chi connectivity index (χ0v) is 17.8. The second-order valence-electron chi connectivity index (χ2n) is 6.91. The molecule has 0 radical (unpaired) electrons. The Balaban J connectivity index is 1.63. The van der Waals surface area contributed by atoms with Crippen molar-refractivity contribution >= 4 is 17.5 Å². The minimum Gasteiger partial charge on any atom is -0.497 e. The van der Waals surface area contributed by atoms with Gasteiger partial charge in [-0.15, -0.1) is 10.2 Å². The lowest BCUT2D eigenvalue weighted by atomic mass is 10.2. The van der Waals surface area contributed by atoms with Gasteiger partial charge in [-0.2, -0.15) is 0 Å². The maximum atomic E-state index is 12.7. The fourth-order valence-corrected chi connectivity index (χ4v) is 4.11. The number of nitrogens with zero attached hydrogens (tertiary/aromatic N) is 3. The number of aromatic nitrogens is 4. The standard InChI is InChI=1S/C22H22N4O3S/c1-14-10-19(15(2)23-14)20(27)13-30-22-25-24-21(16-6-4-7-17(11-16)28-3)26(22)12-18-8-5-9-29-18/h4-11,23H,12-13H2,1-3H3. The Morgan fingerprint density at radius 2 is 2.07 bits per heavy atom. The SMILES string of the molecule is COc1cccc(-c2nnc(SCC(=O)c3cc(C)[nH]c3C)n2Cc2ccco2)c1. The molecule has 0 saturated carbocycles. The van der Waals surface area contributed by atoms with Crippen LogP contribution in [0.25, 0.3) is 11.4 Å². The predicted molar refractivity (Wildman–Crippen MR) is 115 cm³/mol. The van der Waals surface area contributed by atoms with E-state index < -0.39 is 0 Å². The van der Waals surface area contributed by atoms with E-state index in [0.29, 0.717) is 23.1 Å². The van der Waals surface area contributed by atoms with Crippen LogP contribution < -0.4 is 4.74 Å². The van der Waals surface area contributed by atoms with E-state index in [0.717, 1.165) is 28.5 Å². The number of carbonyl (C=O) groups is 1. The van der Waals surface area contributed by atoms with Crippen molar-refractivity contribution in [1.29, 1.82) is 0 Å². The molecule has 0 saturated heterocycles. The summed E-state index contributed by atoms with van der Waals surface area (Å²) in [7, 11) is 1.63. The van der Waals surface area contributed by atoms with E-state index in [2.05, 4.69) is 15.2 Å². The van der Waals surface area contributed by atoms with Crippen molar-refractivity contribution in [2.24, 2.45) is 0 Å². The Bertz CT molecular complexity index is 1160. The van der Waals surface area contributed by atoms with Gasteiger partial charge in [-0.1, -0.05) is 23.9 Å². The number of nitrogens with one attached hydrogen (secondary N) is 1. The van der Waals surface area contributed by atoms with Gasteiger partial charge >= 0.3 is 0 Å². The molecule has 4 aromatic rings. The van der Waals surface area contributed by atoms with Crippen LogP contribution in [0.15, 0.2) is 58.3 Å². The van der Waals surface area contributed by atoms with Crippen LogP contribution in [0.2, 0.25) is 0 Å². The van der Waals surface area contributed by atoms with Gasteiger partial charge in [0.05, 0.1) is 25.7 Å². The van der Waals surface area contributed by atoms with Gasteiger partial charge in [-0.25, -0.2) is 0 Å². The molecule has 0 aliphatic heterocycles. The third-order valence-electron chi connectivity index (χ3n) is 4.72. The minimum atomic E-state index is 0.0531. The van der Waals surface area contributed by atoms with Gasteiger partial charge in [-0.3, -0.25) is 9.36 Å². The van der Waals surface area contributed by atoms with Crippen LogP contribution in [-0.4, -0.2) is 38.4 Å². The molecule has 0 unspecified atom stereocenters. The van der Waals surface area contributed by atoms with Gasteiger partial charge in [0.1, 0.15) is 11.5 Å². The lowest BCUT2D eigenvalue weighted by Crippen LogP contribution is -2.07. The summed E-state index contributed by atoms with van der Waals surface area (Å²) >= 11 is 1.37. The number of ketones is 1. The highest BCUT2D eigenvalue weighted by atomic mass is 32.2. The highest BCUT2D eigenvalue weighted by Crippen LogP contribution is 2.28. The molecule has 0 spiro atoms. The number of hydrogen-bond acceptors (Lipinski definition) is 6. The molecule has 30 heavy (non-hydrogen) atoms. The number of thioether (sulfide) groups is 1. The van der Waals surface area contributed by atoms with E-state index in [1.807, 2.05) is 60.9 Å². The number of furan rings is 1. The molecule has 1 N–H and O–H groups in total. The van der Waals surface area contributed by atoms with Crippen LogP contribution in [0.3, 0.4) is 0 Å². The Morgan fingerprint density at radius 3 is 2.77 bits per heavy atom. The van der Waals surface area contributed by atoms with E-state index in [-0.39, 0.29) is 11.5 Å². The smallest absolute Gasteiger partial charge is 0.192 e. The number of aryl methyl sites for hydroxylation is 2. The number of aromatic amines is 1. The number of hydrogen-bond donors (Lipinski definition) is 1. The maximum absolute atomic E-state index is 12.7. The molecule has 0 bridgehead atoms. The van der Waals surface area contributed by atoms with Gasteiger partial charge < -0.3 is 14.1 Å². The zero-order chi connectivity index (χ0) is 21.1. The summed E-state index contributed by atoms with van der Waals surface area (Å²) in [6, 6.07) is 13.3. The fraction of sp³-hybridized carbons (Fsp3) is 0.227. The van der Waals surface area contributed by atoms with Gasteiger partial charge in [0, 0.05) is 22.5 Å². The predicted octanol–water partition coefficient (Wildman–Crippen LogP) is 4.51. The molecule has 8 heteroatoms. The normalized spacial score (nSPS) is 11.0. The summed E-state index contributed by atoms with van der Waals surface area (Å²) in [6.45, 7) is 4.31. The summed E-state index contributed by atoms with van der Waals surface area (Å²) in [5.41, 5.74) is 3.45. The van der Waals surface area contributed by atoms with Crippen molar-refractivity contribution < 1.29 is 13.9 Å². The van der Waals surface area contributed by atoms with E-state index >= 15 is 0 Å². The maximum Gasteiger partial charge on any atom is 0.192 e. The lowest BCUT2D eigenvalue weighted by Gasteiger charge is -2.09. The monoisotopic (exact) mass is 422 g/mol. The van der Waals surface area contributed by atoms with E-state index in [9.17, 15) is 4.79 Å². The van der Waals surface area contributed by atoms with Crippen molar-refractivity contribution in [3.8, 4) is 17.1 Å². The number of benzene rings is 1. The van der Waals surface area contributed by atoms with Crippen molar-refractivity contribution in [1.82, 2.24) is 19.7 Å². The molecule has 0 aliphatic rings. The van der Waals surface area contributed by atoms with Crippen LogP contribution in [-0.2, 0) is 6.54 Å². The van der Waals surface area contributed by atoms with Gasteiger partial charge in [0.25, 0.3) is 0 Å². The summed E-state index contributed by atoms with van der Waals surface area (Å²) in [5, 5.41) is 9.40. The molecular weight excluding hydrogens is 400 g/mol. The number of carbonyl (C=O) groups excluding carboxylic acids is 1. The average Bonchev–Trinajstić information content (AvgIpc) is 3.47. The molecule has 0 aliphatic carbocycles. The Labute approximate surface area is 178 Å². The van der Waals surface area contributed by atoms with Crippen LogP contribution in [0.1, 0.15) is 27.5 Å². The third-order valence-corrected chi connectivity index (χ3v) is 5.69. The third kappa shape index (κ3) is 4.18. The van der Waals surface area contributed by atoms with Crippen LogP contribution in [0.4, 0.5) is 0 Å². The zero-order valence-electron chi connectivity index (χ0n) is 17.0. The topological polar surface area (TPSA) is 85.9 Å². The minimum absolute atomic E-state index is 0.0531. The second-order valence-corrected chi connectivity index (χ2v) is 7.85. The first-order valence-corrected chi connectivity index (χ1v) is 10.5. The first-order chi connectivity index (χ1) is 14.5. The van der Waals surface area contributed by atoms with E-state index in [1.165, 1.54) is 11.8 Å². The highest BCUT2D eigenvalue weighted by Gasteiger charge is 2.19. The number of ether oxygens (including phenoxy) is 1. The number of methoxy groups -OCH3 is 1. The van der Waals surface area contributed by atoms with Crippen LogP contribution >= 0.6 is 11.8 Å². The molecule has 1 aromatic carbocycles. The first kappa shape index (κ1) is 20.0. The summed E-state index contributed by atoms with van der Waals surface area (Å²) in [4.78, 5) is 15.9. The van der Waals surface area contributed by atoms with Crippen molar-refractivity contribution in [3.63, 3.8) is 0 Å². The molecule has 4 rings (SSSR count). The van der Waals surface area contributed by atoms with Crippen molar-refractivity contribution in [3.05, 3.63) is 71.4 Å². The summed E-state index contributed by atoms with van der Waals surface area (Å²) in [6.07, 6.45) is 1.64. The fourth-order valence-electron chi connectivity index (χ4n) is 3.29. The van der Waals surface area contributed by atoms with E-state index in [1.54, 1.807) is 13.4 Å². The summed E-state index contributed by atoms with van der Waals surface area (Å²) in [5.74, 6) is 2.53. The molecule has 7 nitrogen and oxygen atoms in total. The average molecular weight is 423 g/mol. The van der Waals surface area contributed by atoms with E-state index in [4.69, 9.17) is 9.15 Å². The molecule has 0 atom stereocenters. The lowest BCUT2D eigenvalue weighted by molar-refractivity contribution is 0.102. The quantitative estimate of drug-likeness (QED) is 0.332. The number of H-pyrrole nitrogens is 1. The molecule has 0 amide bonds. The number of rotatable bonds is 8. The Hall–Kier alpha value is -3.26. The number of Topliss-reactive ketones (excluding diaryl/α,β-unsaturated/α-hetero) is 1. The molecule has 3 heterocycles. The van der Waals surface area contributed by atoms with Crippen LogP contribution in [0.5, 0.6) is 5.75 Å². The molecule has 3 aromatic heterocycles. The Kier molecular flexibility index (Phi) is 5.76. The van der Waals surface area contributed by atoms with Crippen molar-refractivity contribution in [2.75, 3.05) is 12.9 Å². The van der Waals surface area contributed by atoms with Crippen LogP contribution in [0, 0.1) is 13.8 Å². The van der Waals surface area contributed by atoms with Gasteiger partial charge in [0.15, 0.2) is 16.8 Å². The summed E-state index contributed by atoms with van der Waals surface area (Å²) < 4.78 is 12.8. The first-order valence-electron chi connectivity index (χ1n) is 9.47. The molecule has 0 fully saturated rings. The second kappa shape index (κ2) is 8.62. The highest BCUT2D eigenvalue weighted by molar-refractivity contribution is 7.99. The van der Waals surface area contributed by atoms with Gasteiger partial charge in [-0.05, 0) is 44.2 Å². The largest absolute Gasteiger partial charge is 0.497 e. The Morgan fingerprint density at radius 1 is 1.20 bits per heavy atom. The molecular formula is C22H22N4O3S. The van der Waals surface area contributed by atoms with Gasteiger partial charge in [0.2, 0.25) is 0 Å². The molecule has 154 valence electrons.